The Labute approximate surface area is 121 Å². The third kappa shape index (κ3) is 1.95. The number of rotatable bonds is 2. The van der Waals surface area contributed by atoms with Gasteiger partial charge in [0, 0.05) is 28.8 Å². The molecule has 20 heavy (non-hydrogen) atoms. The third-order valence-corrected chi connectivity index (χ3v) is 4.17. The Morgan fingerprint density at radius 2 is 2.30 bits per heavy atom. The zero-order chi connectivity index (χ0) is 14.2. The SMILES string of the molecule is N#CC1(C(O)c2ccc(Cl)c3cccnc23)CCOC1. The van der Waals surface area contributed by atoms with Crippen LogP contribution in [-0.2, 0) is 4.74 Å². The second-order valence-corrected chi connectivity index (χ2v) is 5.42. The molecule has 1 aromatic carbocycles. The van der Waals surface area contributed by atoms with Crippen LogP contribution in [0.3, 0.4) is 0 Å². The first-order valence-corrected chi connectivity index (χ1v) is 6.76. The van der Waals surface area contributed by atoms with Crippen LogP contribution in [0.2, 0.25) is 5.02 Å². The van der Waals surface area contributed by atoms with Gasteiger partial charge in [-0.15, -0.1) is 0 Å². The van der Waals surface area contributed by atoms with Crippen LogP contribution in [-0.4, -0.2) is 23.3 Å². The van der Waals surface area contributed by atoms with Gasteiger partial charge in [0.05, 0.1) is 18.2 Å². The van der Waals surface area contributed by atoms with Gasteiger partial charge in [-0.3, -0.25) is 4.98 Å². The Morgan fingerprint density at radius 1 is 1.45 bits per heavy atom. The number of nitriles is 1. The molecular formula is C15H13ClN2O2. The van der Waals surface area contributed by atoms with E-state index in [4.69, 9.17) is 16.3 Å². The summed E-state index contributed by atoms with van der Waals surface area (Å²) in [5, 5.41) is 21.5. The number of hydrogen-bond donors (Lipinski definition) is 1. The molecule has 2 heterocycles. The molecule has 3 rings (SSSR count). The second kappa shape index (κ2) is 5.02. The largest absolute Gasteiger partial charge is 0.387 e. The summed E-state index contributed by atoms with van der Waals surface area (Å²) in [6, 6.07) is 9.33. The number of pyridine rings is 1. The van der Waals surface area contributed by atoms with Crippen molar-refractivity contribution >= 4 is 22.5 Å². The number of aliphatic hydroxyl groups excluding tert-OH is 1. The normalized spacial score (nSPS) is 23.6. The van der Waals surface area contributed by atoms with Gasteiger partial charge >= 0.3 is 0 Å². The van der Waals surface area contributed by atoms with Gasteiger partial charge in [0.1, 0.15) is 11.5 Å². The van der Waals surface area contributed by atoms with Crippen LogP contribution in [0.15, 0.2) is 30.5 Å². The number of ether oxygens (including phenoxy) is 1. The third-order valence-electron chi connectivity index (χ3n) is 3.84. The average Bonchev–Trinajstić information content (AvgIpc) is 2.97. The van der Waals surface area contributed by atoms with Crippen molar-refractivity contribution in [3.05, 3.63) is 41.0 Å². The van der Waals surface area contributed by atoms with Crippen LogP contribution in [0, 0.1) is 16.7 Å². The van der Waals surface area contributed by atoms with Crippen molar-refractivity contribution < 1.29 is 9.84 Å². The fourth-order valence-corrected chi connectivity index (χ4v) is 2.84. The van der Waals surface area contributed by atoms with Gasteiger partial charge < -0.3 is 9.84 Å². The van der Waals surface area contributed by atoms with Crippen molar-refractivity contribution in [3.8, 4) is 6.07 Å². The topological polar surface area (TPSA) is 66.1 Å². The Hall–Kier alpha value is -1.67. The fourth-order valence-electron chi connectivity index (χ4n) is 2.62. The van der Waals surface area contributed by atoms with Crippen LogP contribution in [0.4, 0.5) is 0 Å². The van der Waals surface area contributed by atoms with Crippen molar-refractivity contribution in [2.45, 2.75) is 12.5 Å². The molecule has 1 N–H and O–H groups in total. The Bertz CT molecular complexity index is 690. The molecule has 0 aliphatic carbocycles. The summed E-state index contributed by atoms with van der Waals surface area (Å²) >= 11 is 6.15. The quantitative estimate of drug-likeness (QED) is 0.923. The molecule has 1 saturated heterocycles. The van der Waals surface area contributed by atoms with Gasteiger partial charge in [0.15, 0.2) is 0 Å². The first-order valence-electron chi connectivity index (χ1n) is 6.38. The molecule has 4 nitrogen and oxygen atoms in total. The molecule has 1 aromatic heterocycles. The van der Waals surface area contributed by atoms with Crippen LogP contribution in [0.1, 0.15) is 18.1 Å². The average molecular weight is 289 g/mol. The summed E-state index contributed by atoms with van der Waals surface area (Å²) in [7, 11) is 0. The minimum atomic E-state index is -0.940. The van der Waals surface area contributed by atoms with Crippen LogP contribution in [0.5, 0.6) is 0 Å². The Morgan fingerprint density at radius 3 is 3.00 bits per heavy atom. The summed E-state index contributed by atoms with van der Waals surface area (Å²) in [5.74, 6) is 0. The molecule has 0 spiro atoms. The van der Waals surface area contributed by atoms with E-state index in [1.807, 2.05) is 6.07 Å². The second-order valence-electron chi connectivity index (χ2n) is 5.01. The van der Waals surface area contributed by atoms with Crippen LogP contribution < -0.4 is 0 Å². The molecule has 2 aromatic rings. The standard InChI is InChI=1S/C15H13ClN2O2/c16-12-4-3-11(13-10(12)2-1-6-18-13)14(19)15(8-17)5-7-20-9-15/h1-4,6,14,19H,5,7,9H2. The minimum absolute atomic E-state index is 0.238. The number of fused-ring (bicyclic) bond motifs is 1. The maximum Gasteiger partial charge on any atom is 0.113 e. The number of aromatic nitrogens is 1. The molecule has 1 aliphatic rings. The zero-order valence-corrected chi connectivity index (χ0v) is 11.5. The van der Waals surface area contributed by atoms with Crippen molar-refractivity contribution in [1.82, 2.24) is 4.98 Å². The first kappa shape index (κ1) is 13.3. The van der Waals surface area contributed by atoms with E-state index in [1.54, 1.807) is 24.4 Å². The molecule has 2 atom stereocenters. The van der Waals surface area contributed by atoms with E-state index in [-0.39, 0.29) is 6.61 Å². The van der Waals surface area contributed by atoms with Gasteiger partial charge in [-0.25, -0.2) is 0 Å². The summed E-state index contributed by atoms with van der Waals surface area (Å²) in [4.78, 5) is 4.31. The predicted molar refractivity (Wildman–Crippen MR) is 75.2 cm³/mol. The predicted octanol–water partition coefficient (Wildman–Crippen LogP) is 2.85. The molecule has 2 unspecified atom stereocenters. The molecule has 5 heteroatoms. The van der Waals surface area contributed by atoms with E-state index >= 15 is 0 Å². The Balaban J connectivity index is 2.15. The highest BCUT2D eigenvalue weighted by Gasteiger charge is 2.43. The summed E-state index contributed by atoms with van der Waals surface area (Å²) in [6.07, 6.45) is 1.23. The van der Waals surface area contributed by atoms with Gasteiger partial charge in [-0.05, 0) is 24.6 Å². The molecule has 0 amide bonds. The lowest BCUT2D eigenvalue weighted by atomic mass is 9.79. The van der Waals surface area contributed by atoms with Crippen molar-refractivity contribution in [1.29, 1.82) is 5.26 Å². The Kier molecular flexibility index (Phi) is 3.35. The van der Waals surface area contributed by atoms with Gasteiger partial charge in [0.25, 0.3) is 0 Å². The molecule has 0 radical (unpaired) electrons. The van der Waals surface area contributed by atoms with Crippen LogP contribution >= 0.6 is 11.6 Å². The summed E-state index contributed by atoms with van der Waals surface area (Å²) < 4.78 is 5.30. The van der Waals surface area contributed by atoms with E-state index in [2.05, 4.69) is 11.1 Å². The highest BCUT2D eigenvalue weighted by atomic mass is 35.5. The molecular weight excluding hydrogens is 276 g/mol. The summed E-state index contributed by atoms with van der Waals surface area (Å²) in [6.45, 7) is 0.727. The maximum atomic E-state index is 10.7. The number of benzene rings is 1. The van der Waals surface area contributed by atoms with Crippen LogP contribution in [0.25, 0.3) is 10.9 Å². The van der Waals surface area contributed by atoms with E-state index in [0.717, 1.165) is 5.39 Å². The fraction of sp³-hybridized carbons (Fsp3) is 0.333. The molecule has 1 fully saturated rings. The lowest BCUT2D eigenvalue weighted by molar-refractivity contribution is 0.0513. The highest BCUT2D eigenvalue weighted by Crippen LogP contribution is 2.42. The van der Waals surface area contributed by atoms with Crippen molar-refractivity contribution in [2.75, 3.05) is 13.2 Å². The van der Waals surface area contributed by atoms with E-state index in [0.29, 0.717) is 29.1 Å². The van der Waals surface area contributed by atoms with Gasteiger partial charge in [-0.2, -0.15) is 5.26 Å². The minimum Gasteiger partial charge on any atom is -0.387 e. The summed E-state index contributed by atoms with van der Waals surface area (Å²) in [5.41, 5.74) is 0.351. The molecule has 102 valence electrons. The molecule has 0 bridgehead atoms. The number of halogens is 1. The maximum absolute atomic E-state index is 10.7. The number of nitrogens with zero attached hydrogens (tertiary/aromatic N) is 2. The van der Waals surface area contributed by atoms with Gasteiger partial charge in [0.2, 0.25) is 0 Å². The van der Waals surface area contributed by atoms with E-state index < -0.39 is 11.5 Å². The zero-order valence-electron chi connectivity index (χ0n) is 10.7. The lowest BCUT2D eigenvalue weighted by Gasteiger charge is -2.26. The van der Waals surface area contributed by atoms with Gasteiger partial charge in [-0.1, -0.05) is 17.7 Å². The van der Waals surface area contributed by atoms with Crippen molar-refractivity contribution in [3.63, 3.8) is 0 Å². The van der Waals surface area contributed by atoms with E-state index in [1.165, 1.54) is 0 Å². The highest BCUT2D eigenvalue weighted by molar-refractivity contribution is 6.35. The first-order chi connectivity index (χ1) is 9.68. The smallest absolute Gasteiger partial charge is 0.113 e. The van der Waals surface area contributed by atoms with E-state index in [9.17, 15) is 10.4 Å². The number of hydrogen-bond acceptors (Lipinski definition) is 4. The van der Waals surface area contributed by atoms with Crippen molar-refractivity contribution in [2.24, 2.45) is 5.41 Å². The molecule has 1 aliphatic heterocycles. The lowest BCUT2D eigenvalue weighted by Crippen LogP contribution is -2.28. The molecule has 0 saturated carbocycles. The monoisotopic (exact) mass is 288 g/mol. The number of aliphatic hydroxyl groups is 1.